The lowest BCUT2D eigenvalue weighted by molar-refractivity contribution is 0.0699. The number of hydrogen-bond acceptors (Lipinski definition) is 3. The van der Waals surface area contributed by atoms with Crippen LogP contribution in [0.5, 0.6) is 0 Å². The SMILES string of the molecule is O=C(O)c1cccc2oc(-c3cc(F)c(F)c(F)c3)nc12. The second-order valence-corrected chi connectivity index (χ2v) is 4.23. The largest absolute Gasteiger partial charge is 0.478 e. The standard InChI is InChI=1S/C14H6F3NO3/c15-8-4-6(5-9(16)11(8)17)13-18-12-7(14(19)20)2-1-3-10(12)21-13/h1-5H,(H,19,20). The van der Waals surface area contributed by atoms with Crippen LogP contribution in [0.2, 0.25) is 0 Å². The van der Waals surface area contributed by atoms with Gasteiger partial charge in [-0.15, -0.1) is 0 Å². The van der Waals surface area contributed by atoms with Crippen molar-refractivity contribution in [1.82, 2.24) is 4.98 Å². The molecule has 3 aromatic rings. The third-order valence-corrected chi connectivity index (χ3v) is 2.88. The van der Waals surface area contributed by atoms with Gasteiger partial charge >= 0.3 is 5.97 Å². The summed E-state index contributed by atoms with van der Waals surface area (Å²) in [4.78, 5) is 15.0. The highest BCUT2D eigenvalue weighted by molar-refractivity contribution is 6.00. The van der Waals surface area contributed by atoms with E-state index >= 15 is 0 Å². The predicted octanol–water partition coefficient (Wildman–Crippen LogP) is 3.61. The molecule has 0 aliphatic rings. The van der Waals surface area contributed by atoms with Crippen LogP contribution in [0.1, 0.15) is 10.4 Å². The highest BCUT2D eigenvalue weighted by atomic mass is 19.2. The van der Waals surface area contributed by atoms with Crippen LogP contribution in [-0.2, 0) is 0 Å². The second kappa shape index (κ2) is 4.62. The van der Waals surface area contributed by atoms with Gasteiger partial charge in [0.2, 0.25) is 5.89 Å². The van der Waals surface area contributed by atoms with Crippen molar-refractivity contribution in [3.63, 3.8) is 0 Å². The molecule has 0 aliphatic carbocycles. The van der Waals surface area contributed by atoms with Crippen molar-refractivity contribution < 1.29 is 27.5 Å². The van der Waals surface area contributed by atoms with Crippen LogP contribution in [0.4, 0.5) is 13.2 Å². The first-order valence-corrected chi connectivity index (χ1v) is 5.75. The van der Waals surface area contributed by atoms with Crippen LogP contribution in [0, 0.1) is 17.5 Å². The molecular weight excluding hydrogens is 287 g/mol. The Labute approximate surface area is 115 Å². The van der Waals surface area contributed by atoms with Crippen LogP contribution in [0.15, 0.2) is 34.7 Å². The highest BCUT2D eigenvalue weighted by Gasteiger charge is 2.18. The molecule has 0 aliphatic heterocycles. The minimum Gasteiger partial charge on any atom is -0.478 e. The number of fused-ring (bicyclic) bond motifs is 1. The summed E-state index contributed by atoms with van der Waals surface area (Å²) < 4.78 is 44.6. The molecule has 4 nitrogen and oxygen atoms in total. The van der Waals surface area contributed by atoms with Crippen LogP contribution < -0.4 is 0 Å². The van der Waals surface area contributed by atoms with E-state index in [0.717, 1.165) is 12.1 Å². The van der Waals surface area contributed by atoms with Gasteiger partial charge in [-0.3, -0.25) is 0 Å². The van der Waals surface area contributed by atoms with Crippen molar-refractivity contribution >= 4 is 17.1 Å². The highest BCUT2D eigenvalue weighted by Crippen LogP contribution is 2.28. The minimum absolute atomic E-state index is 0.0464. The van der Waals surface area contributed by atoms with Crippen LogP contribution >= 0.6 is 0 Å². The number of carbonyl (C=O) groups is 1. The van der Waals surface area contributed by atoms with Gasteiger partial charge in [0.1, 0.15) is 5.52 Å². The summed E-state index contributed by atoms with van der Waals surface area (Å²) >= 11 is 0. The normalized spacial score (nSPS) is 11.0. The molecule has 0 saturated heterocycles. The van der Waals surface area contributed by atoms with Gasteiger partial charge in [0, 0.05) is 5.56 Å². The molecule has 1 heterocycles. The van der Waals surface area contributed by atoms with Crippen molar-refractivity contribution in [1.29, 1.82) is 0 Å². The van der Waals surface area contributed by atoms with Crippen molar-refractivity contribution in [2.75, 3.05) is 0 Å². The zero-order chi connectivity index (χ0) is 15.1. The third-order valence-electron chi connectivity index (χ3n) is 2.88. The molecule has 2 aromatic carbocycles. The Morgan fingerprint density at radius 2 is 1.81 bits per heavy atom. The fraction of sp³-hybridized carbons (Fsp3) is 0. The van der Waals surface area contributed by atoms with Gasteiger partial charge in [-0.1, -0.05) is 6.07 Å². The Bertz CT molecular complexity index is 850. The topological polar surface area (TPSA) is 63.3 Å². The van der Waals surface area contributed by atoms with E-state index < -0.39 is 23.4 Å². The van der Waals surface area contributed by atoms with Crippen molar-refractivity contribution in [2.45, 2.75) is 0 Å². The molecule has 1 aromatic heterocycles. The third kappa shape index (κ3) is 2.12. The van der Waals surface area contributed by atoms with Gasteiger partial charge in [0.05, 0.1) is 5.56 Å². The molecule has 0 atom stereocenters. The number of aromatic carboxylic acids is 1. The first kappa shape index (κ1) is 13.2. The molecule has 21 heavy (non-hydrogen) atoms. The molecule has 1 N–H and O–H groups in total. The Morgan fingerprint density at radius 3 is 2.43 bits per heavy atom. The van der Waals surface area contributed by atoms with Gasteiger partial charge < -0.3 is 9.52 Å². The molecule has 0 spiro atoms. The van der Waals surface area contributed by atoms with E-state index in [1.165, 1.54) is 18.2 Å². The lowest BCUT2D eigenvalue weighted by Crippen LogP contribution is -1.96. The zero-order valence-electron chi connectivity index (χ0n) is 10.2. The Hall–Kier alpha value is -2.83. The number of carboxylic acids is 1. The molecule has 7 heteroatoms. The number of benzene rings is 2. The average molecular weight is 293 g/mol. The molecule has 0 saturated carbocycles. The fourth-order valence-electron chi connectivity index (χ4n) is 1.92. The summed E-state index contributed by atoms with van der Waals surface area (Å²) in [5.74, 6) is -5.77. The predicted molar refractivity (Wildman–Crippen MR) is 66.3 cm³/mol. The van der Waals surface area contributed by atoms with Gasteiger partial charge in [0.15, 0.2) is 23.0 Å². The summed E-state index contributed by atoms with van der Waals surface area (Å²) in [6.07, 6.45) is 0. The quantitative estimate of drug-likeness (QED) is 0.733. The summed E-state index contributed by atoms with van der Waals surface area (Å²) in [6.45, 7) is 0. The zero-order valence-corrected chi connectivity index (χ0v) is 10.2. The summed E-state index contributed by atoms with van der Waals surface area (Å²) in [5, 5.41) is 9.04. The molecule has 3 rings (SSSR count). The Kier molecular flexibility index (Phi) is 2.90. The maximum atomic E-state index is 13.2. The van der Waals surface area contributed by atoms with E-state index in [1.54, 1.807) is 0 Å². The molecule has 0 bridgehead atoms. The number of nitrogens with zero attached hydrogens (tertiary/aromatic N) is 1. The van der Waals surface area contributed by atoms with Crippen molar-refractivity contribution in [3.8, 4) is 11.5 Å². The minimum atomic E-state index is -1.60. The lowest BCUT2D eigenvalue weighted by Gasteiger charge is -1.98. The van der Waals surface area contributed by atoms with E-state index in [1.807, 2.05) is 0 Å². The van der Waals surface area contributed by atoms with E-state index in [-0.39, 0.29) is 28.1 Å². The number of carboxylic acid groups (broad SMARTS) is 1. The number of aromatic nitrogens is 1. The maximum Gasteiger partial charge on any atom is 0.338 e. The van der Waals surface area contributed by atoms with Crippen LogP contribution in [0.25, 0.3) is 22.6 Å². The summed E-state index contributed by atoms with van der Waals surface area (Å²) in [5.41, 5.74) is -0.0373. The van der Waals surface area contributed by atoms with Gasteiger partial charge in [-0.2, -0.15) is 0 Å². The molecule has 0 radical (unpaired) electrons. The molecule has 0 unspecified atom stereocenters. The molecule has 106 valence electrons. The van der Waals surface area contributed by atoms with Gasteiger partial charge in [-0.05, 0) is 24.3 Å². The van der Waals surface area contributed by atoms with Crippen molar-refractivity contribution in [3.05, 3.63) is 53.3 Å². The second-order valence-electron chi connectivity index (χ2n) is 4.23. The number of oxazole rings is 1. The Balaban J connectivity index is 2.22. The Morgan fingerprint density at radius 1 is 1.14 bits per heavy atom. The van der Waals surface area contributed by atoms with E-state index in [0.29, 0.717) is 0 Å². The van der Waals surface area contributed by atoms with Crippen LogP contribution in [0.3, 0.4) is 0 Å². The average Bonchev–Trinajstić information content (AvgIpc) is 2.87. The molecule has 0 amide bonds. The fourth-order valence-corrected chi connectivity index (χ4v) is 1.92. The first-order chi connectivity index (χ1) is 9.97. The van der Waals surface area contributed by atoms with E-state index in [4.69, 9.17) is 9.52 Å². The van der Waals surface area contributed by atoms with E-state index in [2.05, 4.69) is 4.98 Å². The summed E-state index contributed by atoms with van der Waals surface area (Å²) in [7, 11) is 0. The number of rotatable bonds is 2. The first-order valence-electron chi connectivity index (χ1n) is 5.75. The number of para-hydroxylation sites is 1. The van der Waals surface area contributed by atoms with Gasteiger partial charge in [-0.25, -0.2) is 22.9 Å². The number of hydrogen-bond donors (Lipinski definition) is 1. The molecule has 0 fully saturated rings. The van der Waals surface area contributed by atoms with Gasteiger partial charge in [0.25, 0.3) is 0 Å². The smallest absolute Gasteiger partial charge is 0.338 e. The van der Waals surface area contributed by atoms with Crippen molar-refractivity contribution in [2.24, 2.45) is 0 Å². The monoisotopic (exact) mass is 293 g/mol. The summed E-state index contributed by atoms with van der Waals surface area (Å²) in [6, 6.07) is 5.69. The van der Waals surface area contributed by atoms with Crippen LogP contribution in [-0.4, -0.2) is 16.1 Å². The maximum absolute atomic E-state index is 13.2. The lowest BCUT2D eigenvalue weighted by atomic mass is 10.2. The molecular formula is C14H6F3NO3. The number of halogens is 3. The van der Waals surface area contributed by atoms with E-state index in [9.17, 15) is 18.0 Å².